The third-order valence-electron chi connectivity index (χ3n) is 3.32. The van der Waals surface area contributed by atoms with E-state index in [0.29, 0.717) is 5.76 Å². The number of carbonyl (C=O) groups is 2. The van der Waals surface area contributed by atoms with Gasteiger partial charge in [0, 0.05) is 18.6 Å². The number of amides is 1. The highest BCUT2D eigenvalue weighted by atomic mass is 16.5. The lowest BCUT2D eigenvalue weighted by molar-refractivity contribution is 0.0436. The van der Waals surface area contributed by atoms with E-state index < -0.39 is 11.9 Å². The van der Waals surface area contributed by atoms with Crippen LogP contribution < -0.4 is 5.73 Å². The molecule has 2 N–H and O–H groups in total. The Morgan fingerprint density at radius 3 is 2.73 bits per heavy atom. The van der Waals surface area contributed by atoms with E-state index >= 15 is 0 Å². The van der Waals surface area contributed by atoms with Crippen LogP contribution in [0.25, 0.3) is 11.0 Å². The predicted octanol–water partition coefficient (Wildman–Crippen LogP) is 2.23. The van der Waals surface area contributed by atoms with Crippen molar-refractivity contribution in [3.8, 4) is 0 Å². The summed E-state index contributed by atoms with van der Waals surface area (Å²) in [6.07, 6.45) is 1.49. The average Bonchev–Trinajstić information content (AvgIpc) is 3.07. The summed E-state index contributed by atoms with van der Waals surface area (Å²) in [7, 11) is 1.64. The number of hydrogen-bond acceptors (Lipinski definition) is 4. The molecule has 112 valence electrons. The minimum Gasteiger partial charge on any atom is -0.457 e. The molecule has 1 aromatic carbocycles. The molecule has 2 heterocycles. The first-order valence-corrected chi connectivity index (χ1v) is 6.65. The van der Waals surface area contributed by atoms with Gasteiger partial charge < -0.3 is 19.5 Å². The third kappa shape index (κ3) is 2.58. The Hall–Kier alpha value is -3.02. The lowest BCUT2D eigenvalue weighted by Crippen LogP contribution is -2.10. The topological polar surface area (TPSA) is 87.5 Å². The molecular weight excluding hydrogens is 284 g/mol. The zero-order valence-electron chi connectivity index (χ0n) is 11.9. The molecule has 0 unspecified atom stereocenters. The molecule has 0 saturated heterocycles. The van der Waals surface area contributed by atoms with Crippen molar-refractivity contribution in [1.29, 1.82) is 0 Å². The number of esters is 1. The van der Waals surface area contributed by atoms with Crippen LogP contribution in [0.2, 0.25) is 0 Å². The van der Waals surface area contributed by atoms with E-state index in [-0.39, 0.29) is 17.9 Å². The Kier molecular flexibility index (Phi) is 3.42. The first-order chi connectivity index (χ1) is 10.5. The van der Waals surface area contributed by atoms with Crippen LogP contribution in [0.5, 0.6) is 0 Å². The van der Waals surface area contributed by atoms with Gasteiger partial charge in [0.05, 0.1) is 5.56 Å². The highest BCUT2D eigenvalue weighted by Crippen LogP contribution is 2.19. The molecule has 1 amide bonds. The quantitative estimate of drug-likeness (QED) is 0.748. The molecule has 0 aliphatic rings. The Bertz CT molecular complexity index is 827. The van der Waals surface area contributed by atoms with Crippen molar-refractivity contribution < 1.29 is 18.7 Å². The maximum absolute atomic E-state index is 12.1. The van der Waals surface area contributed by atoms with Gasteiger partial charge >= 0.3 is 5.97 Å². The van der Waals surface area contributed by atoms with Gasteiger partial charge in [0.1, 0.15) is 23.6 Å². The van der Waals surface area contributed by atoms with Crippen molar-refractivity contribution in [2.45, 2.75) is 6.61 Å². The molecule has 2 aromatic heterocycles. The molecule has 0 spiro atoms. The Balaban J connectivity index is 1.73. The minimum absolute atomic E-state index is 0.0185. The number of hydrogen-bond donors (Lipinski definition) is 1. The first kappa shape index (κ1) is 13.9. The lowest BCUT2D eigenvalue weighted by atomic mass is 10.2. The second kappa shape index (κ2) is 5.40. The Morgan fingerprint density at radius 1 is 1.27 bits per heavy atom. The smallest absolute Gasteiger partial charge is 0.355 e. The number of fused-ring (bicyclic) bond motifs is 1. The van der Waals surface area contributed by atoms with Crippen LogP contribution in [0.1, 0.15) is 26.6 Å². The second-order valence-electron chi connectivity index (χ2n) is 4.92. The first-order valence-electron chi connectivity index (χ1n) is 6.65. The molecular formula is C16H14N2O4. The summed E-state index contributed by atoms with van der Waals surface area (Å²) < 4.78 is 12.3. The number of aromatic nitrogens is 1. The number of primary amides is 1. The maximum atomic E-state index is 12.1. The highest BCUT2D eigenvalue weighted by Gasteiger charge is 2.16. The van der Waals surface area contributed by atoms with Crippen LogP contribution in [0.15, 0.2) is 47.0 Å². The summed E-state index contributed by atoms with van der Waals surface area (Å²) in [5.41, 5.74) is 6.44. The summed E-state index contributed by atoms with van der Waals surface area (Å²) in [6.45, 7) is 0.0185. The van der Waals surface area contributed by atoms with E-state index in [1.54, 1.807) is 7.05 Å². The number of nitrogens with two attached hydrogens (primary N) is 1. The van der Waals surface area contributed by atoms with Gasteiger partial charge in [0.2, 0.25) is 5.91 Å². The van der Waals surface area contributed by atoms with Crippen LogP contribution in [-0.4, -0.2) is 16.4 Å². The van der Waals surface area contributed by atoms with Gasteiger partial charge in [0.15, 0.2) is 0 Å². The van der Waals surface area contributed by atoms with Crippen molar-refractivity contribution in [3.63, 3.8) is 0 Å². The molecule has 0 radical (unpaired) electrons. The monoisotopic (exact) mass is 298 g/mol. The van der Waals surface area contributed by atoms with Crippen LogP contribution in [0.3, 0.4) is 0 Å². The fraction of sp³-hybridized carbons (Fsp3) is 0.125. The summed E-state index contributed by atoms with van der Waals surface area (Å²) in [6, 6.07) is 10.8. The number of nitrogens with zero attached hydrogens (tertiary/aromatic N) is 1. The summed E-state index contributed by atoms with van der Waals surface area (Å²) in [5.74, 6) is -0.582. The fourth-order valence-corrected chi connectivity index (χ4v) is 2.22. The molecule has 0 fully saturated rings. The van der Waals surface area contributed by atoms with Gasteiger partial charge in [-0.15, -0.1) is 0 Å². The number of carbonyl (C=O) groups excluding carboxylic acids is 2. The van der Waals surface area contributed by atoms with Gasteiger partial charge in [-0.3, -0.25) is 4.79 Å². The summed E-state index contributed by atoms with van der Waals surface area (Å²) in [4.78, 5) is 23.2. The molecule has 3 aromatic rings. The van der Waals surface area contributed by atoms with Crippen molar-refractivity contribution in [1.82, 2.24) is 4.57 Å². The number of ether oxygens (including phenoxy) is 1. The Labute approximate surface area is 126 Å². The molecule has 0 aliphatic heterocycles. The van der Waals surface area contributed by atoms with Crippen LogP contribution >= 0.6 is 0 Å². The van der Waals surface area contributed by atoms with E-state index in [2.05, 4.69) is 0 Å². The predicted molar refractivity (Wildman–Crippen MR) is 79.3 cm³/mol. The number of aryl methyl sites for hydroxylation is 1. The molecule has 0 atom stereocenters. The molecule has 6 heteroatoms. The number of benzene rings is 1. The molecule has 0 bridgehead atoms. The maximum Gasteiger partial charge on any atom is 0.355 e. The van der Waals surface area contributed by atoms with Crippen molar-refractivity contribution >= 4 is 22.8 Å². The average molecular weight is 298 g/mol. The SMILES string of the molecule is Cn1cc(C(N)=O)cc1C(=O)OCc1cc2ccccc2o1. The van der Waals surface area contributed by atoms with E-state index in [4.69, 9.17) is 14.9 Å². The largest absolute Gasteiger partial charge is 0.457 e. The lowest BCUT2D eigenvalue weighted by Gasteiger charge is -2.03. The van der Waals surface area contributed by atoms with Crippen LogP contribution in [0.4, 0.5) is 0 Å². The van der Waals surface area contributed by atoms with Gasteiger partial charge in [-0.1, -0.05) is 18.2 Å². The van der Waals surface area contributed by atoms with E-state index in [9.17, 15) is 9.59 Å². The summed E-state index contributed by atoms with van der Waals surface area (Å²) >= 11 is 0. The van der Waals surface area contributed by atoms with Crippen molar-refractivity contribution in [2.24, 2.45) is 12.8 Å². The minimum atomic E-state index is -0.591. The van der Waals surface area contributed by atoms with E-state index in [1.165, 1.54) is 16.8 Å². The molecule has 0 saturated carbocycles. The molecule has 22 heavy (non-hydrogen) atoms. The number of furan rings is 1. The summed E-state index contributed by atoms with van der Waals surface area (Å²) in [5, 5.41) is 0.948. The Morgan fingerprint density at radius 2 is 2.05 bits per heavy atom. The number of rotatable bonds is 4. The third-order valence-corrected chi connectivity index (χ3v) is 3.32. The van der Waals surface area contributed by atoms with Crippen LogP contribution in [0, 0.1) is 0 Å². The number of para-hydroxylation sites is 1. The zero-order chi connectivity index (χ0) is 15.7. The molecule has 0 aliphatic carbocycles. The fourth-order valence-electron chi connectivity index (χ4n) is 2.22. The molecule has 6 nitrogen and oxygen atoms in total. The van der Waals surface area contributed by atoms with E-state index in [1.807, 2.05) is 30.3 Å². The normalized spacial score (nSPS) is 10.8. The zero-order valence-corrected chi connectivity index (χ0v) is 11.9. The van der Waals surface area contributed by atoms with E-state index in [0.717, 1.165) is 11.0 Å². The van der Waals surface area contributed by atoms with Gasteiger partial charge in [-0.2, -0.15) is 0 Å². The van der Waals surface area contributed by atoms with Gasteiger partial charge in [-0.05, 0) is 18.2 Å². The molecule has 3 rings (SSSR count). The van der Waals surface area contributed by atoms with Gasteiger partial charge in [0.25, 0.3) is 0 Å². The standard InChI is InChI=1S/C16H14N2O4/c1-18-8-11(15(17)19)7-13(18)16(20)21-9-12-6-10-4-2-3-5-14(10)22-12/h2-8H,9H2,1H3,(H2,17,19). The van der Waals surface area contributed by atoms with Gasteiger partial charge in [-0.25, -0.2) is 4.79 Å². The van der Waals surface area contributed by atoms with Crippen LogP contribution in [-0.2, 0) is 18.4 Å². The van der Waals surface area contributed by atoms with Crippen molar-refractivity contribution in [3.05, 3.63) is 59.6 Å². The highest BCUT2D eigenvalue weighted by molar-refractivity contribution is 5.96. The second-order valence-corrected chi connectivity index (χ2v) is 4.92. The van der Waals surface area contributed by atoms with Crippen molar-refractivity contribution in [2.75, 3.05) is 0 Å².